The van der Waals surface area contributed by atoms with Gasteiger partial charge in [-0.05, 0) is 80.9 Å². The van der Waals surface area contributed by atoms with Crippen LogP contribution in [0.5, 0.6) is 0 Å². The van der Waals surface area contributed by atoms with Gasteiger partial charge in [0, 0.05) is 24.1 Å². The number of nitrogens with zero attached hydrogens (tertiary/aromatic N) is 3. The third kappa shape index (κ3) is 4.54. The summed E-state index contributed by atoms with van der Waals surface area (Å²) in [5, 5.41) is 14.6. The van der Waals surface area contributed by atoms with E-state index in [4.69, 9.17) is 4.42 Å². The quantitative estimate of drug-likeness (QED) is 0.596. The van der Waals surface area contributed by atoms with Crippen LogP contribution in [0.4, 0.5) is 0 Å². The molecule has 3 aliphatic carbocycles. The van der Waals surface area contributed by atoms with Crippen LogP contribution in [0.15, 0.2) is 45.1 Å². The van der Waals surface area contributed by atoms with Crippen LogP contribution in [0.3, 0.4) is 0 Å². The Balaban J connectivity index is 1.10. The summed E-state index contributed by atoms with van der Waals surface area (Å²) in [7, 11) is 0. The molecule has 176 valence electrons. The molecule has 1 aromatic carbocycles. The van der Waals surface area contributed by atoms with E-state index < -0.39 is 0 Å². The molecule has 2 aromatic rings. The summed E-state index contributed by atoms with van der Waals surface area (Å²) in [6.45, 7) is 2.04. The van der Waals surface area contributed by atoms with Crippen molar-refractivity contribution >= 4 is 23.2 Å². The third-order valence-corrected chi connectivity index (χ3v) is 7.31. The second kappa shape index (κ2) is 8.49. The second-order valence-electron chi connectivity index (χ2n) is 10.2. The molecule has 0 bridgehead atoms. The maximum absolute atomic E-state index is 12.7. The zero-order valence-electron chi connectivity index (χ0n) is 19.3. The molecule has 0 spiro atoms. The summed E-state index contributed by atoms with van der Waals surface area (Å²) in [5.74, 6) is 2.11. The average molecular weight is 460 g/mol. The molecule has 3 saturated carbocycles. The summed E-state index contributed by atoms with van der Waals surface area (Å²) < 4.78 is 5.83. The SMILES string of the molecule is C[C@H](NC(=O)C1=NN=C(c2cccc(-c3ncc(C(=O)NC(C4CC4)C4CC4)o3)c2)C1)C1CC1. The number of oxazole rings is 1. The van der Waals surface area contributed by atoms with Crippen molar-refractivity contribution < 1.29 is 14.0 Å². The molecule has 6 rings (SSSR count). The van der Waals surface area contributed by atoms with Crippen molar-refractivity contribution in [3.8, 4) is 11.5 Å². The Hall–Kier alpha value is -3.29. The van der Waals surface area contributed by atoms with Gasteiger partial charge in [-0.2, -0.15) is 5.10 Å². The lowest BCUT2D eigenvalue weighted by Gasteiger charge is -2.16. The van der Waals surface area contributed by atoms with E-state index in [-0.39, 0.29) is 29.7 Å². The van der Waals surface area contributed by atoms with Gasteiger partial charge in [0.1, 0.15) is 5.71 Å². The first-order valence-electron chi connectivity index (χ1n) is 12.4. The Bertz CT molecular complexity index is 1170. The zero-order valence-corrected chi connectivity index (χ0v) is 19.3. The third-order valence-electron chi connectivity index (χ3n) is 7.31. The Morgan fingerprint density at radius 1 is 0.941 bits per heavy atom. The molecular weight excluding hydrogens is 430 g/mol. The molecule has 0 unspecified atom stereocenters. The summed E-state index contributed by atoms with van der Waals surface area (Å²) in [4.78, 5) is 29.6. The topological polar surface area (TPSA) is 109 Å². The number of carbonyl (C=O) groups excluding carboxylic acids is 2. The number of benzene rings is 1. The fourth-order valence-electron chi connectivity index (χ4n) is 4.74. The van der Waals surface area contributed by atoms with Gasteiger partial charge in [-0.3, -0.25) is 9.59 Å². The molecule has 2 amide bonds. The largest absolute Gasteiger partial charge is 0.431 e. The van der Waals surface area contributed by atoms with Crippen LogP contribution in [-0.2, 0) is 4.79 Å². The molecule has 4 aliphatic rings. The normalized spacial score (nSPS) is 20.6. The number of rotatable bonds is 9. The molecule has 8 heteroatoms. The van der Waals surface area contributed by atoms with Crippen LogP contribution in [0, 0.1) is 17.8 Å². The van der Waals surface area contributed by atoms with Crippen LogP contribution in [0.1, 0.15) is 68.0 Å². The first-order valence-corrected chi connectivity index (χ1v) is 12.4. The highest BCUT2D eigenvalue weighted by Crippen LogP contribution is 2.44. The van der Waals surface area contributed by atoms with E-state index >= 15 is 0 Å². The predicted molar refractivity (Wildman–Crippen MR) is 128 cm³/mol. The van der Waals surface area contributed by atoms with E-state index in [0.717, 1.165) is 16.8 Å². The van der Waals surface area contributed by atoms with Crippen molar-refractivity contribution in [2.24, 2.45) is 28.0 Å². The van der Waals surface area contributed by atoms with Gasteiger partial charge >= 0.3 is 0 Å². The molecule has 0 saturated heterocycles. The molecule has 8 nitrogen and oxygen atoms in total. The van der Waals surface area contributed by atoms with Crippen molar-refractivity contribution in [1.29, 1.82) is 0 Å². The minimum absolute atomic E-state index is 0.145. The van der Waals surface area contributed by atoms with E-state index in [2.05, 4.69) is 25.8 Å². The van der Waals surface area contributed by atoms with Gasteiger partial charge in [0.2, 0.25) is 11.7 Å². The number of hydrogen-bond donors (Lipinski definition) is 2. The lowest BCUT2D eigenvalue weighted by molar-refractivity contribution is -0.115. The molecule has 1 aromatic heterocycles. The van der Waals surface area contributed by atoms with E-state index in [1.807, 2.05) is 31.2 Å². The van der Waals surface area contributed by atoms with Crippen LogP contribution in [-0.4, -0.2) is 40.3 Å². The van der Waals surface area contributed by atoms with Gasteiger partial charge in [-0.1, -0.05) is 12.1 Å². The Morgan fingerprint density at radius 3 is 2.35 bits per heavy atom. The Kier molecular flexibility index (Phi) is 5.31. The van der Waals surface area contributed by atoms with Gasteiger partial charge in [0.15, 0.2) is 0 Å². The van der Waals surface area contributed by atoms with Gasteiger partial charge in [0.05, 0.1) is 11.9 Å². The molecule has 1 aliphatic heterocycles. The molecular formula is C26H29N5O3. The zero-order chi connectivity index (χ0) is 23.2. The monoisotopic (exact) mass is 459 g/mol. The van der Waals surface area contributed by atoms with Crippen LogP contribution < -0.4 is 10.6 Å². The number of nitrogens with one attached hydrogen (secondary N) is 2. The maximum Gasteiger partial charge on any atom is 0.288 e. The van der Waals surface area contributed by atoms with Gasteiger partial charge < -0.3 is 15.1 Å². The first-order chi connectivity index (χ1) is 16.5. The van der Waals surface area contributed by atoms with Gasteiger partial charge in [-0.15, -0.1) is 5.10 Å². The fraction of sp³-hybridized carbons (Fsp3) is 0.500. The number of amides is 2. The van der Waals surface area contributed by atoms with Crippen LogP contribution >= 0.6 is 0 Å². The highest BCUT2D eigenvalue weighted by Gasteiger charge is 2.42. The summed E-state index contributed by atoms with van der Waals surface area (Å²) in [5.41, 5.74) is 2.77. The predicted octanol–water partition coefficient (Wildman–Crippen LogP) is 3.72. The van der Waals surface area contributed by atoms with Crippen molar-refractivity contribution in [3.05, 3.63) is 41.8 Å². The number of hydrogen-bond acceptors (Lipinski definition) is 6. The van der Waals surface area contributed by atoms with E-state index in [0.29, 0.717) is 35.8 Å². The highest BCUT2D eigenvalue weighted by atomic mass is 16.4. The molecule has 0 radical (unpaired) electrons. The summed E-state index contributed by atoms with van der Waals surface area (Å²) in [6, 6.07) is 8.05. The minimum atomic E-state index is -0.191. The highest BCUT2D eigenvalue weighted by molar-refractivity contribution is 6.44. The number of carbonyl (C=O) groups is 2. The van der Waals surface area contributed by atoms with Crippen molar-refractivity contribution in [2.75, 3.05) is 0 Å². The fourth-order valence-corrected chi connectivity index (χ4v) is 4.74. The average Bonchev–Trinajstić information content (AvgIpc) is 3.75. The number of aromatic nitrogens is 1. The summed E-state index contributed by atoms with van der Waals surface area (Å²) in [6.07, 6.45) is 9.03. The van der Waals surface area contributed by atoms with E-state index in [1.54, 1.807) is 0 Å². The minimum Gasteiger partial charge on any atom is -0.431 e. The van der Waals surface area contributed by atoms with Gasteiger partial charge in [0.25, 0.3) is 11.8 Å². The van der Waals surface area contributed by atoms with Crippen molar-refractivity contribution in [2.45, 2.75) is 64.0 Å². The van der Waals surface area contributed by atoms with Crippen molar-refractivity contribution in [3.63, 3.8) is 0 Å². The smallest absolute Gasteiger partial charge is 0.288 e. The van der Waals surface area contributed by atoms with Crippen LogP contribution in [0.2, 0.25) is 0 Å². The lowest BCUT2D eigenvalue weighted by atomic mass is 10.0. The van der Waals surface area contributed by atoms with E-state index in [9.17, 15) is 9.59 Å². The molecule has 3 fully saturated rings. The van der Waals surface area contributed by atoms with Crippen molar-refractivity contribution in [1.82, 2.24) is 15.6 Å². The van der Waals surface area contributed by atoms with E-state index in [1.165, 1.54) is 44.7 Å². The molecule has 1 atom stereocenters. The summed E-state index contributed by atoms with van der Waals surface area (Å²) >= 11 is 0. The Morgan fingerprint density at radius 2 is 1.65 bits per heavy atom. The van der Waals surface area contributed by atoms with Crippen LogP contribution in [0.25, 0.3) is 11.5 Å². The molecule has 2 N–H and O–H groups in total. The standard InChI is InChI=1S/C26H29N5O3/c1-14(15-5-6-15)28-24(32)21-12-20(30-31-21)18-3-2-4-19(11-18)26-27-13-22(34-26)25(33)29-23(16-7-8-16)17-9-10-17/h2-4,11,13-17,23H,5-10,12H2,1H3,(H,28,32)(H,29,33)/t14-/m0/s1. The molecule has 34 heavy (non-hydrogen) atoms. The lowest BCUT2D eigenvalue weighted by Crippen LogP contribution is -2.38. The van der Waals surface area contributed by atoms with Gasteiger partial charge in [-0.25, -0.2) is 4.98 Å². The second-order valence-corrected chi connectivity index (χ2v) is 10.2. The first kappa shape index (κ1) is 21.3. The molecule has 2 heterocycles. The Labute approximate surface area is 198 Å². The maximum atomic E-state index is 12.7.